The van der Waals surface area contributed by atoms with Gasteiger partial charge in [-0.3, -0.25) is 0 Å². The van der Waals surface area contributed by atoms with Gasteiger partial charge in [-0.15, -0.1) is 0 Å². The number of benzene rings is 2. The van der Waals surface area contributed by atoms with Gasteiger partial charge >= 0.3 is 0 Å². The Kier molecular flexibility index (Phi) is 4.30. The first-order valence-corrected chi connectivity index (χ1v) is 9.85. The Morgan fingerprint density at radius 2 is 1.00 bits per heavy atom. The smallest absolute Gasteiger partial charge is 0.0451 e. The van der Waals surface area contributed by atoms with Gasteiger partial charge < -0.3 is 4.90 Å². The molecule has 0 saturated carbocycles. The molecule has 2 aromatic carbocycles. The third kappa shape index (κ3) is 3.41. The van der Waals surface area contributed by atoms with Crippen LogP contribution in [0.15, 0.2) is 36.4 Å². The number of fused-ring (bicyclic) bond motifs is 2. The lowest BCUT2D eigenvalue weighted by atomic mass is 9.81. The molecule has 0 amide bonds. The Balaban J connectivity index is 2.20. The monoisotopic (exact) mass is 349 g/mol. The van der Waals surface area contributed by atoms with Crippen molar-refractivity contribution in [3.63, 3.8) is 0 Å². The van der Waals surface area contributed by atoms with E-state index in [2.05, 4.69) is 104 Å². The second-order valence-electron chi connectivity index (χ2n) is 10.9. The summed E-state index contributed by atoms with van der Waals surface area (Å²) in [6.45, 7) is 20.7. The number of hydrogen-bond acceptors (Lipinski definition) is 1. The van der Waals surface area contributed by atoms with E-state index >= 15 is 0 Å². The van der Waals surface area contributed by atoms with Crippen LogP contribution in [0.1, 0.15) is 84.6 Å². The van der Waals surface area contributed by atoms with E-state index in [-0.39, 0.29) is 16.4 Å². The fourth-order valence-electron chi connectivity index (χ4n) is 3.88. The normalized spacial score (nSPS) is 14.9. The standard InChI is InChI=1S/C25H35N/c1-23(2,3)19-10-12-21-17(15-19)14-18-16-20(24(4,5)6)11-13-22(18)26(21)25(7,8)9/h10-13,15-16H,14H2,1-9H3. The van der Waals surface area contributed by atoms with Crippen molar-refractivity contribution in [1.29, 1.82) is 0 Å². The highest BCUT2D eigenvalue weighted by molar-refractivity contribution is 5.76. The van der Waals surface area contributed by atoms with Crippen LogP contribution in [0.3, 0.4) is 0 Å². The minimum Gasteiger partial charge on any atom is -0.336 e. The molecule has 1 aliphatic rings. The molecule has 0 N–H and O–H groups in total. The summed E-state index contributed by atoms with van der Waals surface area (Å²) in [6, 6.07) is 14.2. The van der Waals surface area contributed by atoms with Crippen LogP contribution < -0.4 is 4.90 Å². The van der Waals surface area contributed by atoms with Crippen LogP contribution in [0, 0.1) is 0 Å². The van der Waals surface area contributed by atoms with Gasteiger partial charge in [-0.1, -0.05) is 65.8 Å². The number of nitrogens with zero attached hydrogens (tertiary/aromatic N) is 1. The van der Waals surface area contributed by atoms with Gasteiger partial charge in [-0.25, -0.2) is 0 Å². The van der Waals surface area contributed by atoms with Gasteiger partial charge in [0, 0.05) is 23.3 Å². The summed E-state index contributed by atoms with van der Waals surface area (Å²) in [5, 5.41) is 0. The maximum absolute atomic E-state index is 2.53. The third-order valence-electron chi connectivity index (χ3n) is 5.42. The molecule has 2 aromatic rings. The van der Waals surface area contributed by atoms with E-state index in [4.69, 9.17) is 0 Å². The largest absolute Gasteiger partial charge is 0.336 e. The summed E-state index contributed by atoms with van der Waals surface area (Å²) >= 11 is 0. The molecular weight excluding hydrogens is 314 g/mol. The van der Waals surface area contributed by atoms with Gasteiger partial charge in [0.1, 0.15) is 0 Å². The van der Waals surface area contributed by atoms with E-state index in [9.17, 15) is 0 Å². The average Bonchev–Trinajstić information content (AvgIpc) is 2.48. The maximum Gasteiger partial charge on any atom is 0.0451 e. The van der Waals surface area contributed by atoms with Crippen molar-refractivity contribution < 1.29 is 0 Å². The topological polar surface area (TPSA) is 3.24 Å². The SMILES string of the molecule is CC(C)(C)c1ccc2c(c1)Cc1cc(C(C)(C)C)ccc1N2C(C)(C)C. The fourth-order valence-corrected chi connectivity index (χ4v) is 3.88. The molecule has 140 valence electrons. The van der Waals surface area contributed by atoms with Crippen molar-refractivity contribution in [2.75, 3.05) is 4.90 Å². The van der Waals surface area contributed by atoms with Gasteiger partial charge in [-0.2, -0.15) is 0 Å². The fraction of sp³-hybridized carbons (Fsp3) is 0.520. The van der Waals surface area contributed by atoms with Crippen LogP contribution >= 0.6 is 0 Å². The first kappa shape index (κ1) is 19.0. The molecule has 1 nitrogen and oxygen atoms in total. The molecule has 3 rings (SSSR count). The second-order valence-corrected chi connectivity index (χ2v) is 10.9. The summed E-state index contributed by atoms with van der Waals surface area (Å²) < 4.78 is 0. The Bertz CT molecular complexity index is 759. The highest BCUT2D eigenvalue weighted by atomic mass is 15.2. The van der Waals surface area contributed by atoms with Crippen LogP contribution in [-0.4, -0.2) is 5.54 Å². The number of rotatable bonds is 0. The Hall–Kier alpha value is -1.76. The van der Waals surface area contributed by atoms with E-state index in [0.717, 1.165) is 6.42 Å². The molecule has 0 saturated heterocycles. The predicted molar refractivity (Wildman–Crippen MR) is 115 cm³/mol. The average molecular weight is 350 g/mol. The molecule has 0 aromatic heterocycles. The maximum atomic E-state index is 2.53. The zero-order valence-electron chi connectivity index (χ0n) is 18.1. The van der Waals surface area contributed by atoms with Gasteiger partial charge in [0.05, 0.1) is 0 Å². The lowest BCUT2D eigenvalue weighted by Crippen LogP contribution is -2.40. The van der Waals surface area contributed by atoms with E-state index in [1.54, 1.807) is 0 Å². The molecule has 0 aliphatic carbocycles. The van der Waals surface area contributed by atoms with Crippen LogP contribution in [-0.2, 0) is 17.3 Å². The van der Waals surface area contributed by atoms with E-state index in [1.165, 1.54) is 33.6 Å². The molecular formula is C25H35N. The highest BCUT2D eigenvalue weighted by Crippen LogP contribution is 2.45. The third-order valence-corrected chi connectivity index (χ3v) is 5.42. The molecule has 1 heterocycles. The summed E-state index contributed by atoms with van der Waals surface area (Å²) in [7, 11) is 0. The van der Waals surface area contributed by atoms with Crippen molar-refractivity contribution in [2.24, 2.45) is 0 Å². The quantitative estimate of drug-likeness (QED) is 0.489. The number of anilines is 2. The van der Waals surface area contributed by atoms with Gasteiger partial charge in [-0.05, 0) is 66.0 Å². The van der Waals surface area contributed by atoms with Crippen molar-refractivity contribution in [1.82, 2.24) is 0 Å². The van der Waals surface area contributed by atoms with E-state index in [0.29, 0.717) is 0 Å². The zero-order valence-corrected chi connectivity index (χ0v) is 18.1. The molecule has 0 unspecified atom stereocenters. The molecule has 1 heteroatoms. The minimum absolute atomic E-state index is 0.0381. The minimum atomic E-state index is 0.0381. The molecule has 0 bridgehead atoms. The molecule has 0 spiro atoms. The Morgan fingerprint density at radius 1 is 0.615 bits per heavy atom. The van der Waals surface area contributed by atoms with Crippen molar-refractivity contribution in [3.05, 3.63) is 58.7 Å². The van der Waals surface area contributed by atoms with Gasteiger partial charge in [0.2, 0.25) is 0 Å². The van der Waals surface area contributed by atoms with Crippen molar-refractivity contribution in [2.45, 2.75) is 85.1 Å². The second kappa shape index (κ2) is 5.87. The molecule has 1 aliphatic heterocycles. The van der Waals surface area contributed by atoms with E-state index < -0.39 is 0 Å². The molecule has 0 fully saturated rings. The zero-order chi connectivity index (χ0) is 19.5. The summed E-state index contributed by atoms with van der Waals surface area (Å²) in [4.78, 5) is 2.53. The molecule has 0 atom stereocenters. The number of hydrogen-bond donors (Lipinski definition) is 0. The van der Waals surface area contributed by atoms with Crippen LogP contribution in [0.2, 0.25) is 0 Å². The van der Waals surface area contributed by atoms with E-state index in [1.807, 2.05) is 0 Å². The summed E-state index contributed by atoms with van der Waals surface area (Å²) in [6.07, 6.45) is 1.02. The highest BCUT2D eigenvalue weighted by Gasteiger charge is 2.32. The predicted octanol–water partition coefficient (Wildman–Crippen LogP) is 7.12. The van der Waals surface area contributed by atoms with Crippen molar-refractivity contribution in [3.8, 4) is 0 Å². The summed E-state index contributed by atoms with van der Waals surface area (Å²) in [5.41, 5.74) is 8.85. The molecule has 26 heavy (non-hydrogen) atoms. The lowest BCUT2D eigenvalue weighted by molar-refractivity contribution is 0.551. The Morgan fingerprint density at radius 3 is 1.31 bits per heavy atom. The van der Waals surface area contributed by atoms with Crippen LogP contribution in [0.5, 0.6) is 0 Å². The van der Waals surface area contributed by atoms with Crippen LogP contribution in [0.25, 0.3) is 0 Å². The first-order valence-electron chi connectivity index (χ1n) is 9.85. The Labute approximate surface area is 160 Å². The van der Waals surface area contributed by atoms with Gasteiger partial charge in [0.25, 0.3) is 0 Å². The lowest BCUT2D eigenvalue weighted by Gasteiger charge is -2.43. The van der Waals surface area contributed by atoms with Crippen LogP contribution in [0.4, 0.5) is 11.4 Å². The van der Waals surface area contributed by atoms with Gasteiger partial charge in [0.15, 0.2) is 0 Å². The van der Waals surface area contributed by atoms with Crippen molar-refractivity contribution >= 4 is 11.4 Å². The summed E-state index contributed by atoms with van der Waals surface area (Å²) in [5.74, 6) is 0. The first-order chi connectivity index (χ1) is 11.8. The molecule has 0 radical (unpaired) electrons.